The molecule has 0 atom stereocenters. The highest BCUT2D eigenvalue weighted by molar-refractivity contribution is 5.92. The Morgan fingerprint density at radius 2 is 1.97 bits per heavy atom. The number of carbonyl (C=O) groups excluding carboxylic acids is 1. The summed E-state index contributed by atoms with van der Waals surface area (Å²) in [6.45, 7) is 1.75. The number of nitrogens with one attached hydrogen (secondary N) is 2. The van der Waals surface area contributed by atoms with Gasteiger partial charge in [0.15, 0.2) is 11.2 Å². The number of hydrogen-bond acceptors (Lipinski definition) is 5. The van der Waals surface area contributed by atoms with Crippen LogP contribution in [0.3, 0.4) is 0 Å². The van der Waals surface area contributed by atoms with Crippen LogP contribution >= 0.6 is 0 Å². The number of ether oxygens (including phenoxy) is 1. The third-order valence-electron chi connectivity index (χ3n) is 5.78. The van der Waals surface area contributed by atoms with Crippen molar-refractivity contribution in [2.45, 2.75) is 32.1 Å². The summed E-state index contributed by atoms with van der Waals surface area (Å²) in [5.41, 5.74) is 3.49. The van der Waals surface area contributed by atoms with E-state index in [2.05, 4.69) is 15.5 Å². The minimum absolute atomic E-state index is 0.110. The van der Waals surface area contributed by atoms with E-state index in [0.717, 1.165) is 35.4 Å². The number of anilines is 1. The third kappa shape index (κ3) is 3.89. The first-order valence-electron chi connectivity index (χ1n) is 10.6. The molecule has 0 unspecified atom stereocenters. The Kier molecular flexibility index (Phi) is 5.01. The van der Waals surface area contributed by atoms with Crippen LogP contribution in [-0.4, -0.2) is 23.2 Å². The van der Waals surface area contributed by atoms with Crippen molar-refractivity contribution in [2.24, 2.45) is 0 Å². The quantitative estimate of drug-likeness (QED) is 0.468. The molecular weight excluding hydrogens is 406 g/mol. The molecule has 7 nitrogen and oxygen atoms in total. The molecule has 2 aromatic carbocycles. The summed E-state index contributed by atoms with van der Waals surface area (Å²) in [7, 11) is 1.61. The molecule has 7 heteroatoms. The van der Waals surface area contributed by atoms with Gasteiger partial charge in [0, 0.05) is 28.8 Å². The second-order valence-corrected chi connectivity index (χ2v) is 8.15. The van der Waals surface area contributed by atoms with Crippen molar-refractivity contribution in [1.29, 1.82) is 0 Å². The standard InChI is InChI=1S/C25H23N3O4/c1-14-24(30)19-11-15(12-23(29)26-22-13-20(27-28-22)16-4-5-16)3-10-21(19)32-25(14)17-6-8-18(31-2)9-7-17/h3,6-11,13,16H,4-5,12H2,1-2H3,(H2,26,27,28,29). The maximum atomic E-state index is 13.0. The summed E-state index contributed by atoms with van der Waals surface area (Å²) in [4.78, 5) is 25.5. The molecule has 32 heavy (non-hydrogen) atoms. The summed E-state index contributed by atoms with van der Waals surface area (Å²) in [5, 5.41) is 10.4. The summed E-state index contributed by atoms with van der Waals surface area (Å²) >= 11 is 0. The molecule has 0 spiro atoms. The normalized spacial score (nSPS) is 13.3. The first-order valence-corrected chi connectivity index (χ1v) is 10.6. The van der Waals surface area contributed by atoms with Gasteiger partial charge in [-0.3, -0.25) is 14.7 Å². The van der Waals surface area contributed by atoms with E-state index in [9.17, 15) is 9.59 Å². The number of aromatic amines is 1. The van der Waals surface area contributed by atoms with E-state index in [0.29, 0.717) is 34.0 Å². The Balaban J connectivity index is 1.38. The molecule has 2 N–H and O–H groups in total. The molecule has 0 bridgehead atoms. The minimum atomic E-state index is -0.186. The van der Waals surface area contributed by atoms with Gasteiger partial charge < -0.3 is 14.5 Å². The number of hydrogen-bond donors (Lipinski definition) is 2. The lowest BCUT2D eigenvalue weighted by Crippen LogP contribution is -2.15. The van der Waals surface area contributed by atoms with Gasteiger partial charge in [-0.05, 0) is 61.7 Å². The van der Waals surface area contributed by atoms with Crippen molar-refractivity contribution in [3.8, 4) is 17.1 Å². The Morgan fingerprint density at radius 1 is 1.19 bits per heavy atom. The second-order valence-electron chi connectivity index (χ2n) is 8.15. The van der Waals surface area contributed by atoms with E-state index in [-0.39, 0.29) is 17.8 Å². The maximum absolute atomic E-state index is 13.0. The Labute approximate surface area is 184 Å². The molecule has 1 aliphatic carbocycles. The highest BCUT2D eigenvalue weighted by Crippen LogP contribution is 2.39. The van der Waals surface area contributed by atoms with Crippen LogP contribution in [0.25, 0.3) is 22.3 Å². The molecule has 162 valence electrons. The molecule has 0 aliphatic heterocycles. The lowest BCUT2D eigenvalue weighted by atomic mass is 10.0. The predicted octanol–water partition coefficient (Wildman–Crippen LogP) is 4.56. The zero-order valence-corrected chi connectivity index (χ0v) is 17.9. The Morgan fingerprint density at radius 3 is 2.69 bits per heavy atom. The zero-order chi connectivity index (χ0) is 22.2. The van der Waals surface area contributed by atoms with Crippen molar-refractivity contribution >= 4 is 22.7 Å². The van der Waals surface area contributed by atoms with Crippen LogP contribution in [0.5, 0.6) is 5.75 Å². The highest BCUT2D eigenvalue weighted by Gasteiger charge is 2.25. The number of H-pyrrole nitrogens is 1. The van der Waals surface area contributed by atoms with Gasteiger partial charge >= 0.3 is 0 Å². The van der Waals surface area contributed by atoms with Crippen LogP contribution in [-0.2, 0) is 11.2 Å². The van der Waals surface area contributed by atoms with Crippen LogP contribution in [0.2, 0.25) is 0 Å². The van der Waals surface area contributed by atoms with Crippen LogP contribution in [0, 0.1) is 6.92 Å². The van der Waals surface area contributed by atoms with Gasteiger partial charge in [0.1, 0.15) is 17.1 Å². The van der Waals surface area contributed by atoms with E-state index in [1.807, 2.05) is 30.3 Å². The SMILES string of the molecule is COc1ccc(-c2oc3ccc(CC(=O)Nc4cc(C5CC5)[nH]n4)cc3c(=O)c2C)cc1. The number of carbonyl (C=O) groups is 1. The van der Waals surface area contributed by atoms with Gasteiger partial charge in [-0.2, -0.15) is 5.10 Å². The average Bonchev–Trinajstić information content (AvgIpc) is 3.55. The number of methoxy groups -OCH3 is 1. The zero-order valence-electron chi connectivity index (χ0n) is 17.9. The van der Waals surface area contributed by atoms with Gasteiger partial charge in [-0.1, -0.05) is 6.07 Å². The lowest BCUT2D eigenvalue weighted by Gasteiger charge is -2.09. The first-order chi connectivity index (χ1) is 15.5. The van der Waals surface area contributed by atoms with Crippen LogP contribution in [0.4, 0.5) is 5.82 Å². The molecule has 4 aromatic rings. The Hall–Kier alpha value is -3.87. The van der Waals surface area contributed by atoms with E-state index in [1.54, 1.807) is 32.2 Å². The van der Waals surface area contributed by atoms with Gasteiger partial charge in [0.05, 0.1) is 18.9 Å². The number of benzene rings is 2. The van der Waals surface area contributed by atoms with Crippen LogP contribution < -0.4 is 15.5 Å². The van der Waals surface area contributed by atoms with Crippen molar-refractivity contribution in [3.63, 3.8) is 0 Å². The van der Waals surface area contributed by atoms with E-state index in [1.165, 1.54) is 0 Å². The molecule has 1 fully saturated rings. The summed E-state index contributed by atoms with van der Waals surface area (Å²) < 4.78 is 11.3. The fourth-order valence-corrected chi connectivity index (χ4v) is 3.84. The summed E-state index contributed by atoms with van der Waals surface area (Å²) in [6, 6.07) is 14.5. The van der Waals surface area contributed by atoms with Crippen LogP contribution in [0.1, 0.15) is 35.6 Å². The van der Waals surface area contributed by atoms with Crippen LogP contribution in [0.15, 0.2) is 57.7 Å². The molecule has 2 heterocycles. The monoisotopic (exact) mass is 429 g/mol. The molecule has 1 saturated carbocycles. The highest BCUT2D eigenvalue weighted by atomic mass is 16.5. The molecule has 5 rings (SSSR count). The van der Waals surface area contributed by atoms with Crippen molar-refractivity contribution in [2.75, 3.05) is 12.4 Å². The lowest BCUT2D eigenvalue weighted by molar-refractivity contribution is -0.115. The number of amides is 1. The van der Waals surface area contributed by atoms with Gasteiger partial charge in [-0.25, -0.2) is 0 Å². The first kappa shape index (κ1) is 20.1. The number of rotatable bonds is 6. The molecule has 0 saturated heterocycles. The van der Waals surface area contributed by atoms with Crippen molar-refractivity contribution in [1.82, 2.24) is 10.2 Å². The molecular formula is C25H23N3O4. The van der Waals surface area contributed by atoms with Gasteiger partial charge in [-0.15, -0.1) is 0 Å². The summed E-state index contributed by atoms with van der Waals surface area (Å²) in [6.07, 6.45) is 2.46. The minimum Gasteiger partial charge on any atom is -0.497 e. The fourth-order valence-electron chi connectivity index (χ4n) is 3.84. The topological polar surface area (TPSA) is 97.2 Å². The average molecular weight is 429 g/mol. The molecule has 0 radical (unpaired) electrons. The van der Waals surface area contributed by atoms with Gasteiger partial charge in [0.2, 0.25) is 5.91 Å². The largest absolute Gasteiger partial charge is 0.497 e. The third-order valence-corrected chi connectivity index (χ3v) is 5.78. The van der Waals surface area contributed by atoms with Crippen molar-refractivity contribution in [3.05, 3.63) is 75.6 Å². The number of fused-ring (bicyclic) bond motifs is 1. The van der Waals surface area contributed by atoms with E-state index in [4.69, 9.17) is 9.15 Å². The van der Waals surface area contributed by atoms with Crippen molar-refractivity contribution < 1.29 is 13.9 Å². The smallest absolute Gasteiger partial charge is 0.229 e. The van der Waals surface area contributed by atoms with E-state index >= 15 is 0 Å². The second kappa shape index (κ2) is 8.00. The summed E-state index contributed by atoms with van der Waals surface area (Å²) in [5.74, 6) is 2.14. The molecule has 1 amide bonds. The Bertz CT molecular complexity index is 1360. The fraction of sp³-hybridized carbons (Fsp3) is 0.240. The number of nitrogens with zero attached hydrogens (tertiary/aromatic N) is 1. The van der Waals surface area contributed by atoms with Gasteiger partial charge in [0.25, 0.3) is 0 Å². The van der Waals surface area contributed by atoms with E-state index < -0.39 is 0 Å². The predicted molar refractivity (Wildman–Crippen MR) is 122 cm³/mol. The maximum Gasteiger partial charge on any atom is 0.229 e. The number of aromatic nitrogens is 2. The molecule has 1 aliphatic rings. The molecule has 2 aromatic heterocycles.